The summed E-state index contributed by atoms with van der Waals surface area (Å²) in [6.45, 7) is 4.71. The molecule has 0 amide bonds. The molecular formula is C35H36Au2N4-2. The second kappa shape index (κ2) is 17.1. The van der Waals surface area contributed by atoms with Gasteiger partial charge >= 0.3 is 0 Å². The Morgan fingerprint density at radius 3 is 1.93 bits per heavy atom. The summed E-state index contributed by atoms with van der Waals surface area (Å²) in [7, 11) is 12.3. The summed E-state index contributed by atoms with van der Waals surface area (Å²) >= 11 is 0. The maximum absolute atomic E-state index is 7.16. The van der Waals surface area contributed by atoms with Crippen molar-refractivity contribution in [2.45, 2.75) is 0 Å². The number of nitrogens with zero attached hydrogens (tertiary/aromatic N) is 4. The second-order valence-electron chi connectivity index (χ2n) is 9.93. The molecule has 0 aliphatic rings. The second-order valence-corrected chi connectivity index (χ2v) is 9.93. The number of fused-ring (bicyclic) bond motifs is 4. The monoisotopic (exact) mass is 906 g/mol. The molecule has 2 heterocycles. The molecule has 2 aromatic heterocycles. The van der Waals surface area contributed by atoms with E-state index >= 15 is 0 Å². The molecule has 5 rings (SSSR count). The largest absolute Gasteiger partial charge is 0.366 e. The Balaban J connectivity index is 0.000000323. The van der Waals surface area contributed by atoms with Crippen molar-refractivity contribution in [3.63, 3.8) is 0 Å². The van der Waals surface area contributed by atoms with Crippen molar-refractivity contribution in [3.05, 3.63) is 115 Å². The number of aromatic nitrogens is 2. The molecule has 4 nitrogen and oxygen atoms in total. The first-order chi connectivity index (χ1) is 18.7. The molecule has 220 valence electrons. The average Bonchev–Trinajstić information content (AvgIpc) is 3.40. The van der Waals surface area contributed by atoms with Crippen molar-refractivity contribution in [2.75, 3.05) is 34.9 Å². The van der Waals surface area contributed by atoms with Crippen LogP contribution in [0.1, 0.15) is 11.1 Å². The van der Waals surface area contributed by atoms with Gasteiger partial charge in [0.2, 0.25) is 0 Å². The van der Waals surface area contributed by atoms with Gasteiger partial charge in [0, 0.05) is 104 Å². The fourth-order valence-corrected chi connectivity index (χ4v) is 4.54. The van der Waals surface area contributed by atoms with E-state index in [4.69, 9.17) is 12.8 Å². The fourth-order valence-electron chi connectivity index (χ4n) is 4.54. The third kappa shape index (κ3) is 9.52. The summed E-state index contributed by atoms with van der Waals surface area (Å²) in [6.07, 6.45) is 19.9. The van der Waals surface area contributed by atoms with Gasteiger partial charge in [-0.2, -0.15) is 6.58 Å². The molecule has 0 saturated heterocycles. The SMILES string of the molecule is CN(C)CN(C)C.[Au].[Au].[C-]#CC(=C)/C=C\c1cn(C)c2ccccc12.[C-]#Cc1ccc2c3ccccc3n(C)c2c1. The van der Waals surface area contributed by atoms with Crippen molar-refractivity contribution < 1.29 is 44.8 Å². The zero-order chi connectivity index (χ0) is 28.5. The molecular weight excluding hydrogens is 870 g/mol. The van der Waals surface area contributed by atoms with E-state index in [9.17, 15) is 0 Å². The Hall–Kier alpha value is -3.00. The van der Waals surface area contributed by atoms with Crippen LogP contribution in [0.2, 0.25) is 0 Å². The van der Waals surface area contributed by atoms with E-state index in [1.54, 1.807) is 6.08 Å². The van der Waals surface area contributed by atoms with Gasteiger partial charge in [0.25, 0.3) is 0 Å². The smallest absolute Gasteiger partial charge is 0.0495 e. The maximum Gasteiger partial charge on any atom is 0.0495 e. The quantitative estimate of drug-likeness (QED) is 0.0660. The van der Waals surface area contributed by atoms with Crippen molar-refractivity contribution in [1.82, 2.24) is 18.9 Å². The number of hydrogen-bond donors (Lipinski definition) is 0. The van der Waals surface area contributed by atoms with E-state index in [0.29, 0.717) is 5.57 Å². The number of allylic oxidation sites excluding steroid dienone is 2. The van der Waals surface area contributed by atoms with Crippen molar-refractivity contribution >= 4 is 38.8 Å². The zero-order valence-electron chi connectivity index (χ0n) is 24.4. The van der Waals surface area contributed by atoms with Crippen molar-refractivity contribution in [1.29, 1.82) is 0 Å². The minimum Gasteiger partial charge on any atom is -0.366 e. The van der Waals surface area contributed by atoms with E-state index in [0.717, 1.165) is 23.3 Å². The first-order valence-corrected chi connectivity index (χ1v) is 12.7. The number of aryl methyl sites for hydroxylation is 2. The summed E-state index contributed by atoms with van der Waals surface area (Å²) in [5, 5.41) is 3.70. The van der Waals surface area contributed by atoms with Gasteiger partial charge in [-0.25, -0.2) is 0 Å². The van der Waals surface area contributed by atoms with Crippen LogP contribution in [0, 0.1) is 24.7 Å². The third-order valence-corrected chi connectivity index (χ3v) is 6.18. The number of benzene rings is 3. The Bertz CT molecular complexity index is 1700. The van der Waals surface area contributed by atoms with Crippen LogP contribution in [0.3, 0.4) is 0 Å². The van der Waals surface area contributed by atoms with Crippen molar-refractivity contribution in [2.24, 2.45) is 14.1 Å². The van der Waals surface area contributed by atoms with Gasteiger partial charge in [-0.05, 0) is 45.9 Å². The summed E-state index contributed by atoms with van der Waals surface area (Å²) in [4.78, 5) is 4.25. The summed E-state index contributed by atoms with van der Waals surface area (Å²) < 4.78 is 4.25. The van der Waals surface area contributed by atoms with Crippen LogP contribution in [0.5, 0.6) is 0 Å². The van der Waals surface area contributed by atoms with E-state index in [2.05, 4.69) is 115 Å². The van der Waals surface area contributed by atoms with Crippen LogP contribution < -0.4 is 0 Å². The number of para-hydroxylation sites is 2. The minimum absolute atomic E-state index is 0. The molecule has 0 N–H and O–H groups in total. The normalized spacial score (nSPS) is 10.3. The van der Waals surface area contributed by atoms with Gasteiger partial charge in [-0.15, -0.1) is 29.3 Å². The van der Waals surface area contributed by atoms with E-state index in [-0.39, 0.29) is 44.8 Å². The molecule has 0 unspecified atom stereocenters. The Morgan fingerprint density at radius 2 is 1.37 bits per heavy atom. The van der Waals surface area contributed by atoms with Gasteiger partial charge < -0.3 is 22.0 Å². The predicted molar refractivity (Wildman–Crippen MR) is 167 cm³/mol. The molecule has 3 aromatic carbocycles. The van der Waals surface area contributed by atoms with Gasteiger partial charge in [0.15, 0.2) is 0 Å². The fraction of sp³-hybridized carbons (Fsp3) is 0.200. The van der Waals surface area contributed by atoms with E-state index in [1.807, 2.05) is 43.5 Å². The predicted octanol–water partition coefficient (Wildman–Crippen LogP) is 6.67. The molecule has 5 aromatic rings. The molecule has 0 spiro atoms. The van der Waals surface area contributed by atoms with Crippen molar-refractivity contribution in [3.8, 4) is 11.8 Å². The molecule has 2 radical (unpaired) electrons. The molecule has 0 saturated carbocycles. The average molecular weight is 907 g/mol. The molecule has 0 aliphatic carbocycles. The third-order valence-electron chi connectivity index (χ3n) is 6.18. The first kappa shape index (κ1) is 36.0. The number of hydrogen-bond acceptors (Lipinski definition) is 2. The maximum atomic E-state index is 7.16. The van der Waals surface area contributed by atoms with Gasteiger partial charge in [-0.1, -0.05) is 48.5 Å². The zero-order valence-corrected chi connectivity index (χ0v) is 28.7. The summed E-state index contributed by atoms with van der Waals surface area (Å²) in [5.41, 5.74) is 6.10. The molecule has 0 atom stereocenters. The van der Waals surface area contributed by atoms with E-state index < -0.39 is 0 Å². The minimum atomic E-state index is 0. The molecule has 41 heavy (non-hydrogen) atoms. The molecule has 6 heteroatoms. The van der Waals surface area contributed by atoms with Gasteiger partial charge in [0.1, 0.15) is 0 Å². The first-order valence-electron chi connectivity index (χ1n) is 12.7. The van der Waals surface area contributed by atoms with Gasteiger partial charge in [0.05, 0.1) is 0 Å². The Morgan fingerprint density at radius 1 is 0.805 bits per heavy atom. The number of rotatable bonds is 4. The van der Waals surface area contributed by atoms with E-state index in [1.165, 1.54) is 27.2 Å². The summed E-state index contributed by atoms with van der Waals surface area (Å²) in [5.74, 6) is 4.68. The molecule has 0 bridgehead atoms. The van der Waals surface area contributed by atoms with Crippen LogP contribution in [0.15, 0.2) is 91.2 Å². The molecule has 0 aliphatic heterocycles. The van der Waals surface area contributed by atoms with Crippen LogP contribution in [0.25, 0.3) is 38.8 Å². The Kier molecular flexibility index (Phi) is 15.0. The van der Waals surface area contributed by atoms with Crippen LogP contribution in [0.4, 0.5) is 0 Å². The topological polar surface area (TPSA) is 16.3 Å². The van der Waals surface area contributed by atoms with Crippen LogP contribution in [-0.4, -0.2) is 53.8 Å². The van der Waals surface area contributed by atoms with Gasteiger partial charge in [-0.3, -0.25) is 21.6 Å². The summed E-state index contributed by atoms with van der Waals surface area (Å²) in [6, 6.07) is 22.6. The van der Waals surface area contributed by atoms with Crippen LogP contribution >= 0.6 is 0 Å². The molecule has 0 fully saturated rings. The Labute approximate surface area is 276 Å². The van der Waals surface area contributed by atoms with Crippen LogP contribution in [-0.2, 0) is 58.9 Å². The standard InChI is InChI=1S/C15H10N.C15H12N.C5H14N2.2Au/c1-3-11-8-9-13-12-6-4-5-7-14(12)16(2)15(13)10-11;1-4-12(2)9-10-13-11-16(3)15-8-6-5-7-14(13)15;1-6(2)5-7(3)4;;/h4-10H,2H3;5-11H,2H2,3H3;5H2,1-4H3;;/q2*-1;;;/b;10-9-;;;.